The Kier molecular flexibility index (Phi) is 5.64. The van der Waals surface area contributed by atoms with Crippen LogP contribution in [0.3, 0.4) is 0 Å². The Morgan fingerprint density at radius 2 is 1.64 bits per heavy atom. The third-order valence-electron chi connectivity index (χ3n) is 4.38. The number of carbonyl (C=O) groups excluding carboxylic acids is 1. The second-order valence-corrected chi connectivity index (χ2v) is 7.36. The first-order valence-corrected chi connectivity index (χ1v) is 10.0. The van der Waals surface area contributed by atoms with E-state index in [9.17, 15) is 4.79 Å². The maximum atomic E-state index is 12.3. The fourth-order valence-electron chi connectivity index (χ4n) is 2.82. The Balaban J connectivity index is 1.34. The molecule has 2 heterocycles. The summed E-state index contributed by atoms with van der Waals surface area (Å²) >= 11 is 1.69. The molecule has 0 radical (unpaired) electrons. The van der Waals surface area contributed by atoms with Gasteiger partial charge in [0.1, 0.15) is 0 Å². The highest BCUT2D eigenvalue weighted by Gasteiger charge is 2.06. The smallest absolute Gasteiger partial charge is 0.251 e. The van der Waals surface area contributed by atoms with Crippen molar-refractivity contribution in [2.24, 2.45) is 0 Å². The molecule has 0 spiro atoms. The molecule has 0 saturated carbocycles. The molecule has 1 N–H and O–H groups in total. The molecule has 0 aliphatic rings. The van der Waals surface area contributed by atoms with E-state index in [2.05, 4.69) is 27.4 Å². The van der Waals surface area contributed by atoms with E-state index in [1.165, 1.54) is 0 Å². The number of rotatable bonds is 6. The number of nitrogens with zero attached hydrogens (tertiary/aromatic N) is 2. The number of hydrogen-bond acceptors (Lipinski definition) is 4. The quantitative estimate of drug-likeness (QED) is 0.482. The molecule has 0 fully saturated rings. The Morgan fingerprint density at radius 1 is 0.857 bits per heavy atom. The number of carbonyl (C=O) groups is 1. The van der Waals surface area contributed by atoms with Crippen LogP contribution in [0.25, 0.3) is 10.9 Å². The second-order valence-electron chi connectivity index (χ2n) is 6.37. The highest BCUT2D eigenvalue weighted by molar-refractivity contribution is 7.98. The topological polar surface area (TPSA) is 54.9 Å². The minimum absolute atomic E-state index is 0.0767. The van der Waals surface area contributed by atoms with Crippen molar-refractivity contribution < 1.29 is 4.79 Å². The van der Waals surface area contributed by atoms with E-state index in [0.29, 0.717) is 12.1 Å². The van der Waals surface area contributed by atoms with Gasteiger partial charge >= 0.3 is 0 Å². The number of aromatic nitrogens is 2. The zero-order valence-electron chi connectivity index (χ0n) is 15.2. The third kappa shape index (κ3) is 4.56. The summed E-state index contributed by atoms with van der Waals surface area (Å²) in [5, 5.41) is 5.07. The van der Waals surface area contributed by atoms with Crippen LogP contribution in [0, 0.1) is 0 Å². The van der Waals surface area contributed by atoms with E-state index >= 15 is 0 Å². The van der Waals surface area contributed by atoms with Gasteiger partial charge < -0.3 is 5.32 Å². The first kappa shape index (κ1) is 18.2. The number of benzene rings is 2. The fraction of sp³-hybridized carbons (Fsp3) is 0.0870. The molecular formula is C23H19N3OS. The number of amides is 1. The maximum absolute atomic E-state index is 12.3. The molecule has 4 rings (SSSR count). The highest BCUT2D eigenvalue weighted by Crippen LogP contribution is 2.23. The van der Waals surface area contributed by atoms with E-state index in [1.807, 2.05) is 60.7 Å². The third-order valence-corrected chi connectivity index (χ3v) is 5.38. The van der Waals surface area contributed by atoms with Crippen molar-refractivity contribution in [1.29, 1.82) is 0 Å². The van der Waals surface area contributed by atoms with Crippen LogP contribution in [0.15, 0.2) is 90.2 Å². The minimum atomic E-state index is -0.0767. The highest BCUT2D eigenvalue weighted by atomic mass is 32.2. The number of nitrogens with one attached hydrogen (secondary N) is 1. The van der Waals surface area contributed by atoms with Crippen LogP contribution in [-0.2, 0) is 12.3 Å². The molecule has 2 aromatic heterocycles. The zero-order chi connectivity index (χ0) is 19.2. The van der Waals surface area contributed by atoms with Gasteiger partial charge in [0.2, 0.25) is 0 Å². The molecule has 0 aliphatic carbocycles. The van der Waals surface area contributed by atoms with Gasteiger partial charge in [-0.25, -0.2) is 4.98 Å². The Hall–Kier alpha value is -3.18. The van der Waals surface area contributed by atoms with Crippen molar-refractivity contribution in [2.45, 2.75) is 17.3 Å². The summed E-state index contributed by atoms with van der Waals surface area (Å²) in [5.74, 6) is 0.733. The molecule has 0 aliphatic heterocycles. The number of hydrogen-bond donors (Lipinski definition) is 1. The second kappa shape index (κ2) is 8.67. The SMILES string of the molecule is O=C(NCc1ccncc1)c1ccc(CSc2ccc3ccccc3n2)cc1. The molecule has 0 bridgehead atoms. The summed E-state index contributed by atoms with van der Waals surface area (Å²) in [6.07, 6.45) is 3.44. The van der Waals surface area contributed by atoms with Gasteiger partial charge in [-0.3, -0.25) is 9.78 Å². The first-order valence-electron chi connectivity index (χ1n) is 9.02. The van der Waals surface area contributed by atoms with Gasteiger partial charge in [-0.1, -0.05) is 36.4 Å². The lowest BCUT2D eigenvalue weighted by molar-refractivity contribution is 0.0951. The van der Waals surface area contributed by atoms with Gasteiger partial charge in [0.15, 0.2) is 0 Å². The molecule has 1 amide bonds. The van der Waals surface area contributed by atoms with Gasteiger partial charge in [-0.05, 0) is 47.5 Å². The largest absolute Gasteiger partial charge is 0.348 e. The van der Waals surface area contributed by atoms with Crippen molar-refractivity contribution in [2.75, 3.05) is 0 Å². The molecule has 0 unspecified atom stereocenters. The average Bonchev–Trinajstić information content (AvgIpc) is 2.77. The number of pyridine rings is 2. The molecule has 2 aromatic carbocycles. The van der Waals surface area contributed by atoms with Crippen molar-refractivity contribution in [1.82, 2.24) is 15.3 Å². The molecule has 4 aromatic rings. The lowest BCUT2D eigenvalue weighted by Gasteiger charge is -2.07. The normalized spacial score (nSPS) is 10.7. The summed E-state index contributed by atoms with van der Waals surface area (Å²) in [6, 6.07) is 23.8. The molecule has 0 atom stereocenters. The van der Waals surface area contributed by atoms with Gasteiger partial charge in [0, 0.05) is 35.6 Å². The summed E-state index contributed by atoms with van der Waals surface area (Å²) in [6.45, 7) is 0.493. The Labute approximate surface area is 168 Å². The Morgan fingerprint density at radius 3 is 2.46 bits per heavy atom. The summed E-state index contributed by atoms with van der Waals surface area (Å²) < 4.78 is 0. The van der Waals surface area contributed by atoms with Crippen LogP contribution in [0.5, 0.6) is 0 Å². The van der Waals surface area contributed by atoms with E-state index in [1.54, 1.807) is 24.2 Å². The Bertz CT molecular complexity index is 1080. The maximum Gasteiger partial charge on any atom is 0.251 e. The minimum Gasteiger partial charge on any atom is -0.348 e. The van der Waals surface area contributed by atoms with Gasteiger partial charge in [-0.2, -0.15) is 0 Å². The predicted molar refractivity (Wildman–Crippen MR) is 113 cm³/mol. The molecule has 138 valence electrons. The van der Waals surface area contributed by atoms with Crippen molar-refractivity contribution >= 4 is 28.6 Å². The van der Waals surface area contributed by atoms with Crippen LogP contribution in [0.4, 0.5) is 0 Å². The standard InChI is InChI=1S/C23H19N3OS/c27-23(25-15-17-11-13-24-14-12-17)20-7-5-18(6-8-20)16-28-22-10-9-19-3-1-2-4-21(19)26-22/h1-14H,15-16H2,(H,25,27). The van der Waals surface area contributed by atoms with Gasteiger partial charge in [0.05, 0.1) is 10.5 Å². The number of thioether (sulfide) groups is 1. The molecule has 28 heavy (non-hydrogen) atoms. The van der Waals surface area contributed by atoms with E-state index < -0.39 is 0 Å². The van der Waals surface area contributed by atoms with E-state index in [-0.39, 0.29) is 5.91 Å². The van der Waals surface area contributed by atoms with Gasteiger partial charge in [-0.15, -0.1) is 11.8 Å². The van der Waals surface area contributed by atoms with Crippen LogP contribution in [-0.4, -0.2) is 15.9 Å². The lowest BCUT2D eigenvalue weighted by atomic mass is 10.1. The van der Waals surface area contributed by atoms with Crippen LogP contribution < -0.4 is 5.32 Å². The molecule has 5 heteroatoms. The summed E-state index contributed by atoms with van der Waals surface area (Å²) in [7, 11) is 0. The van der Waals surface area contributed by atoms with Crippen LogP contribution >= 0.6 is 11.8 Å². The van der Waals surface area contributed by atoms with Crippen molar-refractivity contribution in [3.63, 3.8) is 0 Å². The van der Waals surface area contributed by atoms with Crippen molar-refractivity contribution in [3.8, 4) is 0 Å². The van der Waals surface area contributed by atoms with Crippen molar-refractivity contribution in [3.05, 3.63) is 102 Å². The molecular weight excluding hydrogens is 366 g/mol. The van der Waals surface area contributed by atoms with Crippen LogP contribution in [0.1, 0.15) is 21.5 Å². The monoisotopic (exact) mass is 385 g/mol. The van der Waals surface area contributed by atoms with E-state index in [4.69, 9.17) is 0 Å². The molecule has 0 saturated heterocycles. The summed E-state index contributed by atoms with van der Waals surface area (Å²) in [4.78, 5) is 21.0. The lowest BCUT2D eigenvalue weighted by Crippen LogP contribution is -2.22. The number of para-hydroxylation sites is 1. The van der Waals surface area contributed by atoms with Gasteiger partial charge in [0.25, 0.3) is 5.91 Å². The number of fused-ring (bicyclic) bond motifs is 1. The zero-order valence-corrected chi connectivity index (χ0v) is 16.0. The fourth-order valence-corrected chi connectivity index (χ4v) is 3.66. The first-order chi connectivity index (χ1) is 13.8. The average molecular weight is 385 g/mol. The van der Waals surface area contributed by atoms with Crippen LogP contribution in [0.2, 0.25) is 0 Å². The molecule has 4 nitrogen and oxygen atoms in total. The van der Waals surface area contributed by atoms with E-state index in [0.717, 1.165) is 32.8 Å². The summed E-state index contributed by atoms with van der Waals surface area (Å²) in [5.41, 5.74) is 3.85. The predicted octanol–water partition coefficient (Wildman–Crippen LogP) is 4.85.